The number of benzene rings is 2. The van der Waals surface area contributed by atoms with Gasteiger partial charge in [-0.05, 0) is 48.0 Å². The van der Waals surface area contributed by atoms with E-state index in [2.05, 4.69) is 0 Å². The molecule has 1 aliphatic heterocycles. The second-order valence-electron chi connectivity index (χ2n) is 6.29. The molecular weight excluding hydrogens is 400 g/mol. The van der Waals surface area contributed by atoms with Gasteiger partial charge in [-0.15, -0.1) is 0 Å². The Morgan fingerprint density at radius 3 is 2.36 bits per heavy atom. The van der Waals surface area contributed by atoms with Crippen molar-refractivity contribution >= 4 is 33.6 Å². The van der Waals surface area contributed by atoms with E-state index in [1.807, 2.05) is 12.1 Å². The second kappa shape index (κ2) is 8.77. The number of amides is 1. The Kier molecular flexibility index (Phi) is 6.39. The molecule has 6 nitrogen and oxygen atoms in total. The van der Waals surface area contributed by atoms with Crippen LogP contribution >= 0.6 is 11.6 Å². The van der Waals surface area contributed by atoms with Gasteiger partial charge in [-0.3, -0.25) is 4.79 Å². The van der Waals surface area contributed by atoms with Crippen molar-refractivity contribution in [3.05, 3.63) is 65.2 Å². The number of carbonyl (C=O) groups is 1. The standard InChI is InChI=1S/C20H21ClN2O4S/c1-27-18-6-8-19(9-7-18)28(25,26)23-13-11-22(12-14-23)20(24)10-5-16-3-2-4-17(21)15-16/h2-10,15H,11-14H2,1H3/b10-5+. The molecule has 8 heteroatoms. The maximum absolute atomic E-state index is 12.8. The molecule has 0 aliphatic carbocycles. The average Bonchev–Trinajstić information content (AvgIpc) is 2.72. The fourth-order valence-corrected chi connectivity index (χ4v) is 4.55. The molecule has 0 atom stereocenters. The van der Waals surface area contributed by atoms with Crippen molar-refractivity contribution in [2.24, 2.45) is 0 Å². The van der Waals surface area contributed by atoms with Crippen molar-refractivity contribution < 1.29 is 17.9 Å². The van der Waals surface area contributed by atoms with Gasteiger partial charge in [0.25, 0.3) is 0 Å². The zero-order valence-corrected chi connectivity index (χ0v) is 17.0. The van der Waals surface area contributed by atoms with Crippen molar-refractivity contribution in [3.8, 4) is 5.75 Å². The predicted molar refractivity (Wildman–Crippen MR) is 109 cm³/mol. The minimum atomic E-state index is -3.59. The summed E-state index contributed by atoms with van der Waals surface area (Å²) in [6.45, 7) is 1.19. The summed E-state index contributed by atoms with van der Waals surface area (Å²) in [5.74, 6) is 0.447. The van der Waals surface area contributed by atoms with Crippen molar-refractivity contribution in [1.29, 1.82) is 0 Å². The van der Waals surface area contributed by atoms with Gasteiger partial charge in [-0.2, -0.15) is 4.31 Å². The molecule has 0 spiro atoms. The normalized spacial score (nSPS) is 15.7. The van der Waals surface area contributed by atoms with Crippen molar-refractivity contribution in [3.63, 3.8) is 0 Å². The summed E-state index contributed by atoms with van der Waals surface area (Å²) in [6, 6.07) is 13.5. The number of ether oxygens (including phenoxy) is 1. The molecule has 1 aliphatic rings. The molecular formula is C20H21ClN2O4S. The number of hydrogen-bond donors (Lipinski definition) is 0. The first-order valence-electron chi connectivity index (χ1n) is 8.77. The summed E-state index contributed by atoms with van der Waals surface area (Å²) < 4.78 is 32.0. The lowest BCUT2D eigenvalue weighted by Gasteiger charge is -2.33. The fourth-order valence-electron chi connectivity index (χ4n) is 2.93. The fraction of sp³-hybridized carbons (Fsp3) is 0.250. The van der Waals surface area contributed by atoms with Gasteiger partial charge in [-0.1, -0.05) is 23.7 Å². The van der Waals surface area contributed by atoms with Crippen LogP contribution in [0.2, 0.25) is 5.02 Å². The maximum atomic E-state index is 12.8. The van der Waals surface area contributed by atoms with Crippen LogP contribution in [0.15, 0.2) is 59.5 Å². The number of sulfonamides is 1. The van der Waals surface area contributed by atoms with Crippen LogP contribution in [0, 0.1) is 0 Å². The summed E-state index contributed by atoms with van der Waals surface area (Å²) in [7, 11) is -2.06. The molecule has 1 amide bonds. The molecule has 0 bridgehead atoms. The molecule has 0 radical (unpaired) electrons. The third kappa shape index (κ3) is 4.73. The number of piperazine rings is 1. The molecule has 0 unspecified atom stereocenters. The van der Waals surface area contributed by atoms with Gasteiger partial charge < -0.3 is 9.64 Å². The molecule has 2 aromatic rings. The Morgan fingerprint density at radius 1 is 1.07 bits per heavy atom. The topological polar surface area (TPSA) is 66.9 Å². The number of rotatable bonds is 5. The molecule has 148 valence electrons. The smallest absolute Gasteiger partial charge is 0.246 e. The van der Waals surface area contributed by atoms with Crippen molar-refractivity contribution in [2.45, 2.75) is 4.90 Å². The molecule has 0 aromatic heterocycles. The van der Waals surface area contributed by atoms with Gasteiger partial charge in [0, 0.05) is 37.3 Å². The highest BCUT2D eigenvalue weighted by molar-refractivity contribution is 7.89. The van der Waals surface area contributed by atoms with Crippen LogP contribution in [-0.4, -0.2) is 56.8 Å². The summed E-state index contributed by atoms with van der Waals surface area (Å²) in [6.07, 6.45) is 3.19. The van der Waals surface area contributed by atoms with Gasteiger partial charge in [-0.25, -0.2) is 8.42 Å². The molecule has 1 fully saturated rings. The summed E-state index contributed by atoms with van der Waals surface area (Å²) in [4.78, 5) is 14.2. The van der Waals surface area contributed by atoms with Crippen LogP contribution in [0.3, 0.4) is 0 Å². The molecule has 28 heavy (non-hydrogen) atoms. The lowest BCUT2D eigenvalue weighted by atomic mass is 10.2. The van der Waals surface area contributed by atoms with E-state index in [4.69, 9.17) is 16.3 Å². The number of halogens is 1. The molecule has 3 rings (SSSR count). The molecule has 0 saturated carbocycles. The lowest BCUT2D eigenvalue weighted by molar-refractivity contribution is -0.127. The van der Waals surface area contributed by atoms with Crippen molar-refractivity contribution in [2.75, 3.05) is 33.3 Å². The van der Waals surface area contributed by atoms with E-state index < -0.39 is 10.0 Å². The zero-order valence-electron chi connectivity index (χ0n) is 15.4. The highest BCUT2D eigenvalue weighted by Gasteiger charge is 2.29. The van der Waals surface area contributed by atoms with Gasteiger partial charge in [0.1, 0.15) is 5.75 Å². The van der Waals surface area contributed by atoms with Gasteiger partial charge >= 0.3 is 0 Å². The number of methoxy groups -OCH3 is 1. The Bertz CT molecular complexity index is 966. The molecule has 1 saturated heterocycles. The minimum absolute atomic E-state index is 0.151. The lowest BCUT2D eigenvalue weighted by Crippen LogP contribution is -2.50. The first-order valence-corrected chi connectivity index (χ1v) is 10.6. The Hall–Kier alpha value is -2.35. The summed E-state index contributed by atoms with van der Waals surface area (Å²) in [5.41, 5.74) is 0.835. The highest BCUT2D eigenvalue weighted by Crippen LogP contribution is 2.21. The van der Waals surface area contributed by atoms with Crippen LogP contribution < -0.4 is 4.74 Å². The van der Waals surface area contributed by atoms with Gasteiger partial charge in [0.15, 0.2) is 0 Å². The minimum Gasteiger partial charge on any atom is -0.497 e. The molecule has 1 heterocycles. The third-order valence-corrected chi connectivity index (χ3v) is 6.66. The average molecular weight is 421 g/mol. The SMILES string of the molecule is COc1ccc(S(=O)(=O)N2CCN(C(=O)/C=C/c3cccc(Cl)c3)CC2)cc1. The first-order chi connectivity index (χ1) is 13.4. The first kappa shape index (κ1) is 20.4. The Morgan fingerprint density at radius 2 is 1.75 bits per heavy atom. The quantitative estimate of drug-likeness (QED) is 0.697. The van der Waals surface area contributed by atoms with E-state index in [1.54, 1.807) is 35.2 Å². The highest BCUT2D eigenvalue weighted by atomic mass is 35.5. The Balaban J connectivity index is 1.60. The Labute approximate surface area is 170 Å². The molecule has 2 aromatic carbocycles. The second-order valence-corrected chi connectivity index (χ2v) is 8.67. The summed E-state index contributed by atoms with van der Waals surface area (Å²) >= 11 is 5.94. The van der Waals surface area contributed by atoms with Crippen LogP contribution in [0.4, 0.5) is 0 Å². The van der Waals surface area contributed by atoms with E-state index in [-0.39, 0.29) is 23.9 Å². The number of carbonyl (C=O) groups excluding carboxylic acids is 1. The van der Waals surface area contributed by atoms with Gasteiger partial charge in [0.2, 0.25) is 15.9 Å². The zero-order chi connectivity index (χ0) is 20.1. The third-order valence-electron chi connectivity index (χ3n) is 4.51. The number of hydrogen-bond acceptors (Lipinski definition) is 4. The monoisotopic (exact) mass is 420 g/mol. The van der Waals surface area contributed by atoms with Crippen LogP contribution in [0.5, 0.6) is 5.75 Å². The van der Waals surface area contributed by atoms with E-state index in [1.165, 1.54) is 29.6 Å². The largest absolute Gasteiger partial charge is 0.497 e. The van der Waals surface area contributed by atoms with Gasteiger partial charge in [0.05, 0.1) is 12.0 Å². The van der Waals surface area contributed by atoms with E-state index in [9.17, 15) is 13.2 Å². The van der Waals surface area contributed by atoms with Crippen molar-refractivity contribution in [1.82, 2.24) is 9.21 Å². The maximum Gasteiger partial charge on any atom is 0.246 e. The van der Waals surface area contributed by atoms with Crippen LogP contribution in [0.25, 0.3) is 6.08 Å². The van der Waals surface area contributed by atoms with Crippen LogP contribution in [0.1, 0.15) is 5.56 Å². The predicted octanol–water partition coefficient (Wildman–Crippen LogP) is 2.89. The van der Waals surface area contributed by atoms with E-state index in [0.29, 0.717) is 23.9 Å². The summed E-state index contributed by atoms with van der Waals surface area (Å²) in [5, 5.41) is 0.604. The number of nitrogens with zero attached hydrogens (tertiary/aromatic N) is 2. The van der Waals surface area contributed by atoms with E-state index in [0.717, 1.165) is 5.56 Å². The van der Waals surface area contributed by atoms with E-state index >= 15 is 0 Å². The van der Waals surface area contributed by atoms with Crippen LogP contribution in [-0.2, 0) is 14.8 Å². The molecule has 0 N–H and O–H groups in total.